The Balaban J connectivity index is 4.46. The highest BCUT2D eigenvalue weighted by Gasteiger charge is 2.35. The van der Waals surface area contributed by atoms with Crippen molar-refractivity contribution in [1.82, 2.24) is 0 Å². The summed E-state index contributed by atoms with van der Waals surface area (Å²) >= 11 is 2.43. The summed E-state index contributed by atoms with van der Waals surface area (Å²) in [6.45, 7) is 8.99. The van der Waals surface area contributed by atoms with Gasteiger partial charge in [-0.15, -0.1) is 0 Å². The maximum absolute atomic E-state index is 5.74. The minimum absolute atomic E-state index is 0.132. The topological polar surface area (TPSA) is 9.23 Å². The molecule has 3 heteroatoms. The van der Waals surface area contributed by atoms with E-state index in [1.807, 2.05) is 0 Å². The van der Waals surface area contributed by atoms with Gasteiger partial charge in [-0.05, 0) is 11.8 Å². The lowest BCUT2D eigenvalue weighted by Gasteiger charge is -2.39. The molecular weight excluding hydrogens is 267 g/mol. The summed E-state index contributed by atoms with van der Waals surface area (Å²) < 4.78 is 6.84. The molecule has 0 radical (unpaired) electrons. The zero-order chi connectivity index (χ0) is 9.07. The predicted octanol–water partition coefficient (Wildman–Crippen LogP) is 1.77. The first-order valence-corrected chi connectivity index (χ1v) is 6.46. The molecule has 0 aliphatic carbocycles. The van der Waals surface area contributed by atoms with E-state index in [-0.39, 0.29) is 5.60 Å². The molecule has 11 heavy (non-hydrogen) atoms. The van der Waals surface area contributed by atoms with Gasteiger partial charge in [0.1, 0.15) is 10.5 Å². The molecule has 0 heterocycles. The number of alkyl halides is 1. The molecule has 0 saturated heterocycles. The van der Waals surface area contributed by atoms with E-state index in [2.05, 4.69) is 50.3 Å². The van der Waals surface area contributed by atoms with Crippen LogP contribution in [0.1, 0.15) is 27.7 Å². The van der Waals surface area contributed by atoms with E-state index >= 15 is 0 Å². The van der Waals surface area contributed by atoms with Crippen molar-refractivity contribution in [2.24, 2.45) is 11.8 Å². The molecule has 0 aromatic heterocycles. The Morgan fingerprint density at radius 1 is 1.27 bits per heavy atom. The van der Waals surface area contributed by atoms with Gasteiger partial charge in [0, 0.05) is 4.43 Å². The highest BCUT2D eigenvalue weighted by molar-refractivity contribution is 14.1. The van der Waals surface area contributed by atoms with Crippen molar-refractivity contribution in [2.45, 2.75) is 33.3 Å². The second kappa shape index (κ2) is 4.82. The van der Waals surface area contributed by atoms with Crippen LogP contribution in [0.25, 0.3) is 0 Å². The second-order valence-electron chi connectivity index (χ2n) is 3.60. The average Bonchev–Trinajstić information content (AvgIpc) is 1.90. The highest BCUT2D eigenvalue weighted by atomic mass is 127. The fourth-order valence-electron chi connectivity index (χ4n) is 1.50. The Morgan fingerprint density at radius 2 is 1.64 bits per heavy atom. The van der Waals surface area contributed by atoms with Gasteiger partial charge < -0.3 is 4.43 Å². The monoisotopic (exact) mass is 286 g/mol. The van der Waals surface area contributed by atoms with Gasteiger partial charge in [0.15, 0.2) is 0 Å². The Hall–Kier alpha value is 0.907. The molecule has 0 bridgehead atoms. The van der Waals surface area contributed by atoms with Crippen LogP contribution >= 0.6 is 22.6 Å². The maximum Gasteiger partial charge on any atom is 0.146 e. The molecule has 0 fully saturated rings. The van der Waals surface area contributed by atoms with Gasteiger partial charge >= 0.3 is 0 Å². The third-order valence-electron chi connectivity index (χ3n) is 2.54. The largest absolute Gasteiger partial charge is 0.421 e. The zero-order valence-electron chi connectivity index (χ0n) is 8.15. The van der Waals surface area contributed by atoms with Gasteiger partial charge in [0.2, 0.25) is 0 Å². The summed E-state index contributed by atoms with van der Waals surface area (Å²) in [7, 11) is 0.847. The minimum atomic E-state index is 0.132. The van der Waals surface area contributed by atoms with Crippen LogP contribution in [0.2, 0.25) is 0 Å². The van der Waals surface area contributed by atoms with Crippen LogP contribution in [-0.4, -0.2) is 20.5 Å². The molecule has 0 atom stereocenters. The van der Waals surface area contributed by atoms with E-state index in [4.69, 9.17) is 4.43 Å². The van der Waals surface area contributed by atoms with Gasteiger partial charge in [-0.2, -0.15) is 0 Å². The van der Waals surface area contributed by atoms with E-state index in [9.17, 15) is 0 Å². The molecule has 0 saturated carbocycles. The first-order chi connectivity index (χ1) is 5.01. The molecule has 0 aliphatic heterocycles. The lowest BCUT2D eigenvalue weighted by molar-refractivity contribution is 0.0119. The first-order valence-electron chi connectivity index (χ1n) is 4.12. The van der Waals surface area contributed by atoms with Crippen molar-refractivity contribution in [1.29, 1.82) is 0 Å². The van der Waals surface area contributed by atoms with Crippen LogP contribution in [0.15, 0.2) is 0 Å². The van der Waals surface area contributed by atoms with E-state index in [1.165, 1.54) is 0 Å². The van der Waals surface area contributed by atoms with Gasteiger partial charge in [-0.3, -0.25) is 0 Å². The molecular formula is C8H19IOSi. The fraction of sp³-hybridized carbons (Fsp3) is 1.00. The lowest BCUT2D eigenvalue weighted by atomic mass is 9.82. The summed E-state index contributed by atoms with van der Waals surface area (Å²) in [5.41, 5.74) is 0.132. The van der Waals surface area contributed by atoms with Gasteiger partial charge in [-0.1, -0.05) is 50.3 Å². The molecule has 0 aromatic rings. The number of rotatable bonds is 4. The van der Waals surface area contributed by atoms with Crippen molar-refractivity contribution in [2.75, 3.05) is 4.43 Å². The summed E-state index contributed by atoms with van der Waals surface area (Å²) in [5, 5.41) is 0. The highest BCUT2D eigenvalue weighted by Crippen LogP contribution is 2.31. The van der Waals surface area contributed by atoms with E-state index in [1.54, 1.807) is 0 Å². The molecule has 0 rings (SSSR count). The Labute approximate surface area is 87.0 Å². The first kappa shape index (κ1) is 11.9. The SMILES string of the molecule is CC(C)C(CI)(O[SiH3])C(C)C. The number of hydrogen-bond acceptors (Lipinski definition) is 1. The fourth-order valence-corrected chi connectivity index (χ4v) is 5.25. The summed E-state index contributed by atoms with van der Waals surface area (Å²) in [6, 6.07) is 0. The van der Waals surface area contributed by atoms with Crippen molar-refractivity contribution in [3.8, 4) is 0 Å². The van der Waals surface area contributed by atoms with Crippen LogP contribution < -0.4 is 0 Å². The molecule has 0 aliphatic rings. The van der Waals surface area contributed by atoms with Crippen LogP contribution in [0, 0.1) is 11.8 Å². The predicted molar refractivity (Wildman–Crippen MR) is 62.3 cm³/mol. The normalized spacial score (nSPS) is 13.4. The Bertz CT molecular complexity index is 101. The van der Waals surface area contributed by atoms with Crippen molar-refractivity contribution < 1.29 is 4.43 Å². The lowest BCUT2D eigenvalue weighted by Crippen LogP contribution is -2.44. The van der Waals surface area contributed by atoms with Crippen molar-refractivity contribution in [3.63, 3.8) is 0 Å². The third-order valence-corrected chi connectivity index (χ3v) is 4.50. The van der Waals surface area contributed by atoms with E-state index < -0.39 is 0 Å². The average molecular weight is 286 g/mol. The second-order valence-corrected chi connectivity index (χ2v) is 4.77. The summed E-state index contributed by atoms with van der Waals surface area (Å²) in [5.74, 6) is 1.24. The van der Waals surface area contributed by atoms with Crippen molar-refractivity contribution >= 4 is 33.1 Å². The van der Waals surface area contributed by atoms with E-state index in [0.717, 1.165) is 14.9 Å². The molecule has 0 amide bonds. The molecule has 1 nitrogen and oxygen atoms in total. The van der Waals surface area contributed by atoms with Crippen LogP contribution in [0.5, 0.6) is 0 Å². The van der Waals surface area contributed by atoms with Gasteiger partial charge in [-0.25, -0.2) is 0 Å². The van der Waals surface area contributed by atoms with Crippen molar-refractivity contribution in [3.05, 3.63) is 0 Å². The molecule has 0 unspecified atom stereocenters. The molecule has 0 aromatic carbocycles. The summed E-state index contributed by atoms with van der Waals surface area (Å²) in [6.07, 6.45) is 0. The molecule has 0 spiro atoms. The van der Waals surface area contributed by atoms with Gasteiger partial charge in [0.05, 0.1) is 5.60 Å². The van der Waals surface area contributed by atoms with Crippen LogP contribution in [0.4, 0.5) is 0 Å². The zero-order valence-corrected chi connectivity index (χ0v) is 12.3. The van der Waals surface area contributed by atoms with Crippen LogP contribution in [0.3, 0.4) is 0 Å². The quantitative estimate of drug-likeness (QED) is 0.435. The smallest absolute Gasteiger partial charge is 0.146 e. The van der Waals surface area contributed by atoms with Crippen LogP contribution in [-0.2, 0) is 4.43 Å². The maximum atomic E-state index is 5.74. The third kappa shape index (κ3) is 2.42. The number of hydrogen-bond donors (Lipinski definition) is 0. The van der Waals surface area contributed by atoms with Gasteiger partial charge in [0.25, 0.3) is 0 Å². The summed E-state index contributed by atoms with van der Waals surface area (Å²) in [4.78, 5) is 0. The van der Waals surface area contributed by atoms with E-state index in [0.29, 0.717) is 11.8 Å². The molecule has 68 valence electrons. The number of halogens is 1. The minimum Gasteiger partial charge on any atom is -0.421 e. The molecule has 0 N–H and O–H groups in total. The Kier molecular flexibility index (Phi) is 5.21. The Morgan fingerprint density at radius 3 is 1.64 bits per heavy atom. The standard InChI is InChI=1S/C8H19IOSi/c1-6(2)8(5-9,10-11)7(3)4/h6-7H,5H2,1-4,11H3.